The number of nitrogens with two attached hydrogens (primary N) is 1. The van der Waals surface area contributed by atoms with E-state index in [1.807, 2.05) is 19.2 Å². The molecule has 0 rings (SSSR count). The van der Waals surface area contributed by atoms with Gasteiger partial charge in [-0.1, -0.05) is 0 Å². The molecule has 0 fully saturated rings. The van der Waals surface area contributed by atoms with Gasteiger partial charge in [0.15, 0.2) is 0 Å². The second kappa shape index (κ2) is 7.90. The summed E-state index contributed by atoms with van der Waals surface area (Å²) in [5.74, 6) is 0. The fourth-order valence-corrected chi connectivity index (χ4v) is 0.753. The van der Waals surface area contributed by atoms with Gasteiger partial charge < -0.3 is 11.1 Å². The van der Waals surface area contributed by atoms with Crippen molar-refractivity contribution in [2.24, 2.45) is 5.73 Å². The van der Waals surface area contributed by atoms with Gasteiger partial charge in [-0.2, -0.15) is 5.12 Å². The highest BCUT2D eigenvalue weighted by Gasteiger charge is 1.94. The lowest BCUT2D eigenvalue weighted by atomic mass is 10.5. The van der Waals surface area contributed by atoms with Crippen LogP contribution in [0.5, 0.6) is 0 Å². The van der Waals surface area contributed by atoms with Crippen LogP contribution in [-0.4, -0.2) is 45.4 Å². The molecule has 5 heteroatoms. The van der Waals surface area contributed by atoms with Crippen LogP contribution in [0.15, 0.2) is 0 Å². The van der Waals surface area contributed by atoms with Gasteiger partial charge in [-0.25, -0.2) is 10.9 Å². The van der Waals surface area contributed by atoms with Crippen LogP contribution >= 0.6 is 0 Å². The summed E-state index contributed by atoms with van der Waals surface area (Å²) in [6.45, 7) is 3.41. The average molecular weight is 161 g/mol. The molecule has 0 bridgehead atoms. The van der Waals surface area contributed by atoms with E-state index in [4.69, 9.17) is 5.73 Å². The molecule has 0 aromatic heterocycles. The van der Waals surface area contributed by atoms with Crippen LogP contribution in [0.2, 0.25) is 0 Å². The first-order valence-electron chi connectivity index (χ1n) is 3.88. The maximum Gasteiger partial charge on any atom is 0.0413 e. The van der Waals surface area contributed by atoms with Crippen molar-refractivity contribution in [2.45, 2.75) is 0 Å². The standard InChI is InChI=1S/C6H19N5/c1-8-11(9-2)6-5-10-4-3-7/h8-10H,3-7H2,1-2H3. The number of hydrogen-bond donors (Lipinski definition) is 4. The Kier molecular flexibility index (Phi) is 7.76. The molecule has 0 heterocycles. The fourth-order valence-electron chi connectivity index (χ4n) is 0.753. The summed E-state index contributed by atoms with van der Waals surface area (Å²) in [5, 5.41) is 5.08. The van der Waals surface area contributed by atoms with Crippen LogP contribution in [0.4, 0.5) is 0 Å². The van der Waals surface area contributed by atoms with E-state index in [2.05, 4.69) is 16.2 Å². The van der Waals surface area contributed by atoms with Crippen molar-refractivity contribution < 1.29 is 0 Å². The van der Waals surface area contributed by atoms with Gasteiger partial charge in [0.25, 0.3) is 0 Å². The quantitative estimate of drug-likeness (QED) is 0.260. The molecule has 0 amide bonds. The van der Waals surface area contributed by atoms with Crippen molar-refractivity contribution in [2.75, 3.05) is 40.3 Å². The number of nitrogens with one attached hydrogen (secondary N) is 3. The topological polar surface area (TPSA) is 65.3 Å². The van der Waals surface area contributed by atoms with Crippen LogP contribution in [-0.2, 0) is 0 Å². The third-order valence-corrected chi connectivity index (χ3v) is 1.37. The zero-order valence-corrected chi connectivity index (χ0v) is 7.35. The fraction of sp³-hybridized carbons (Fsp3) is 1.00. The van der Waals surface area contributed by atoms with Crippen molar-refractivity contribution >= 4 is 0 Å². The number of hydrazine groups is 2. The minimum Gasteiger partial charge on any atom is -0.329 e. The minimum absolute atomic E-state index is 0.694. The van der Waals surface area contributed by atoms with E-state index in [1.54, 1.807) is 0 Å². The van der Waals surface area contributed by atoms with E-state index < -0.39 is 0 Å². The average Bonchev–Trinajstić information content (AvgIpc) is 2.05. The highest BCUT2D eigenvalue weighted by Crippen LogP contribution is 1.69. The van der Waals surface area contributed by atoms with Gasteiger partial charge in [-0.15, -0.1) is 0 Å². The molecule has 0 atom stereocenters. The lowest BCUT2D eigenvalue weighted by Gasteiger charge is -2.19. The van der Waals surface area contributed by atoms with E-state index in [1.165, 1.54) is 0 Å². The summed E-state index contributed by atoms with van der Waals surface area (Å²) in [6, 6.07) is 0. The van der Waals surface area contributed by atoms with Crippen molar-refractivity contribution in [1.82, 2.24) is 21.3 Å². The SMILES string of the molecule is CNN(CCNCCN)NC. The van der Waals surface area contributed by atoms with E-state index in [0.717, 1.165) is 19.6 Å². The van der Waals surface area contributed by atoms with Gasteiger partial charge in [0, 0.05) is 40.3 Å². The minimum atomic E-state index is 0.694. The molecule has 0 saturated carbocycles. The molecule has 11 heavy (non-hydrogen) atoms. The molecule has 0 aromatic carbocycles. The molecule has 0 saturated heterocycles. The Labute approximate surface area is 68.3 Å². The van der Waals surface area contributed by atoms with Crippen molar-refractivity contribution in [3.8, 4) is 0 Å². The number of hydrogen-bond acceptors (Lipinski definition) is 5. The Morgan fingerprint density at radius 2 is 1.82 bits per heavy atom. The Balaban J connectivity index is 3.07. The largest absolute Gasteiger partial charge is 0.329 e. The van der Waals surface area contributed by atoms with E-state index >= 15 is 0 Å². The van der Waals surface area contributed by atoms with Gasteiger partial charge in [-0.05, 0) is 0 Å². The monoisotopic (exact) mass is 161 g/mol. The molecular weight excluding hydrogens is 142 g/mol. The first-order chi connectivity index (χ1) is 5.35. The lowest BCUT2D eigenvalue weighted by molar-refractivity contribution is 0.147. The molecule has 0 spiro atoms. The van der Waals surface area contributed by atoms with Crippen LogP contribution in [0.1, 0.15) is 0 Å². The van der Waals surface area contributed by atoms with Crippen LogP contribution in [0.3, 0.4) is 0 Å². The second-order valence-electron chi connectivity index (χ2n) is 2.14. The normalized spacial score (nSPS) is 10.9. The number of nitrogens with zero attached hydrogens (tertiary/aromatic N) is 1. The Hall–Kier alpha value is -0.200. The van der Waals surface area contributed by atoms with Gasteiger partial charge >= 0.3 is 0 Å². The predicted octanol–water partition coefficient (Wildman–Crippen LogP) is -1.89. The molecule has 0 aromatic rings. The molecule has 0 aliphatic rings. The maximum atomic E-state index is 5.30. The number of rotatable bonds is 7. The molecule has 0 aliphatic carbocycles. The van der Waals surface area contributed by atoms with Gasteiger partial charge in [0.2, 0.25) is 0 Å². The third-order valence-electron chi connectivity index (χ3n) is 1.37. The summed E-state index contributed by atoms with van der Waals surface area (Å²) in [6.07, 6.45) is 0. The Morgan fingerprint density at radius 3 is 2.27 bits per heavy atom. The third kappa shape index (κ3) is 6.21. The smallest absolute Gasteiger partial charge is 0.0413 e. The summed E-state index contributed by atoms with van der Waals surface area (Å²) in [4.78, 5) is 0. The highest BCUT2D eigenvalue weighted by molar-refractivity contribution is 4.49. The Morgan fingerprint density at radius 1 is 1.18 bits per heavy atom. The van der Waals surface area contributed by atoms with E-state index in [0.29, 0.717) is 6.54 Å². The zero-order valence-electron chi connectivity index (χ0n) is 7.35. The molecule has 68 valence electrons. The molecule has 5 N–H and O–H groups in total. The van der Waals surface area contributed by atoms with E-state index in [9.17, 15) is 0 Å². The van der Waals surface area contributed by atoms with Crippen LogP contribution in [0.25, 0.3) is 0 Å². The van der Waals surface area contributed by atoms with Crippen molar-refractivity contribution in [3.05, 3.63) is 0 Å². The lowest BCUT2D eigenvalue weighted by Crippen LogP contribution is -2.47. The van der Waals surface area contributed by atoms with Crippen LogP contribution in [0, 0.1) is 0 Å². The summed E-state index contributed by atoms with van der Waals surface area (Å²) in [7, 11) is 3.75. The van der Waals surface area contributed by atoms with Gasteiger partial charge in [-0.3, -0.25) is 0 Å². The predicted molar refractivity (Wildman–Crippen MR) is 46.7 cm³/mol. The molecule has 0 aliphatic heterocycles. The molecular formula is C6H19N5. The van der Waals surface area contributed by atoms with Crippen LogP contribution < -0.4 is 21.9 Å². The Bertz CT molecular complexity index is 73.4. The van der Waals surface area contributed by atoms with Crippen molar-refractivity contribution in [3.63, 3.8) is 0 Å². The maximum absolute atomic E-state index is 5.30. The highest BCUT2D eigenvalue weighted by atomic mass is 15.7. The summed E-state index contributed by atoms with van der Waals surface area (Å²) in [5.41, 5.74) is 11.3. The molecule has 5 nitrogen and oxygen atoms in total. The van der Waals surface area contributed by atoms with Crippen molar-refractivity contribution in [1.29, 1.82) is 0 Å². The van der Waals surface area contributed by atoms with Gasteiger partial charge in [0.1, 0.15) is 0 Å². The molecule has 0 radical (unpaired) electrons. The second-order valence-corrected chi connectivity index (χ2v) is 2.14. The van der Waals surface area contributed by atoms with E-state index in [-0.39, 0.29) is 0 Å². The molecule has 0 unspecified atom stereocenters. The zero-order chi connectivity index (χ0) is 8.53. The summed E-state index contributed by atoms with van der Waals surface area (Å²) < 4.78 is 0. The summed E-state index contributed by atoms with van der Waals surface area (Å²) >= 11 is 0. The first kappa shape index (κ1) is 10.8. The first-order valence-corrected chi connectivity index (χ1v) is 3.88. The van der Waals surface area contributed by atoms with Gasteiger partial charge in [0.05, 0.1) is 0 Å².